The molecule has 1 amide bonds. The molecule has 1 aliphatic rings. The van der Waals surface area contributed by atoms with Crippen LogP contribution >= 0.6 is 0 Å². The number of hydrogen-bond acceptors (Lipinski definition) is 4. The summed E-state index contributed by atoms with van der Waals surface area (Å²) in [5.74, 6) is 1.52. The summed E-state index contributed by atoms with van der Waals surface area (Å²) in [5.41, 5.74) is 5.02. The van der Waals surface area contributed by atoms with E-state index in [1.165, 1.54) is 19.1 Å². The Bertz CT molecular complexity index is 1490. The number of anilines is 1. The third-order valence-corrected chi connectivity index (χ3v) is 6.19. The molecule has 4 aromatic carbocycles. The number of nitrogens with one attached hydrogen (secondary N) is 1. The quantitative estimate of drug-likeness (QED) is 0.264. The van der Waals surface area contributed by atoms with E-state index in [1.807, 2.05) is 73.8 Å². The van der Waals surface area contributed by atoms with Crippen LogP contribution in [0.2, 0.25) is 0 Å². The van der Waals surface area contributed by atoms with Crippen molar-refractivity contribution < 1.29 is 18.7 Å². The highest BCUT2D eigenvalue weighted by Crippen LogP contribution is 2.45. The maximum Gasteiger partial charge on any atom is 0.221 e. The molecule has 1 heterocycles. The second-order valence-corrected chi connectivity index (χ2v) is 8.85. The molecule has 6 heteroatoms. The minimum Gasteiger partial charge on any atom is -0.494 e. The zero-order valence-corrected chi connectivity index (χ0v) is 21.1. The number of ether oxygens (including phenoxy) is 2. The molecule has 1 atom stereocenters. The first kappa shape index (κ1) is 25.0. The lowest BCUT2D eigenvalue weighted by molar-refractivity contribution is -0.114. The second-order valence-electron chi connectivity index (χ2n) is 8.85. The molecule has 0 spiro atoms. The first-order chi connectivity index (χ1) is 18.5. The number of halogens is 1. The number of fused-ring (bicyclic) bond motifs is 1. The Morgan fingerprint density at radius 1 is 0.974 bits per heavy atom. The SMILES string of the molecule is CCOc1ccc(C2=C(C=Nc3ccc(NC(C)=O)cc3)[C@H](c3ccc(F)cc3)c3ccccc3O2)cc1. The van der Waals surface area contributed by atoms with Crippen LogP contribution in [0.3, 0.4) is 0 Å². The van der Waals surface area contributed by atoms with Crippen molar-refractivity contribution in [2.45, 2.75) is 19.8 Å². The second kappa shape index (κ2) is 11.1. The molecule has 0 saturated heterocycles. The number of para-hydroxylation sites is 1. The van der Waals surface area contributed by atoms with Crippen molar-refractivity contribution in [2.75, 3.05) is 11.9 Å². The van der Waals surface area contributed by atoms with E-state index in [4.69, 9.17) is 14.5 Å². The number of allylic oxidation sites excluding steroid dienone is 1. The molecule has 190 valence electrons. The fraction of sp³-hybridized carbons (Fsp3) is 0.125. The van der Waals surface area contributed by atoms with Gasteiger partial charge in [0.05, 0.1) is 12.3 Å². The number of benzene rings is 4. The van der Waals surface area contributed by atoms with Gasteiger partial charge < -0.3 is 14.8 Å². The van der Waals surface area contributed by atoms with Gasteiger partial charge in [0.25, 0.3) is 0 Å². The maximum atomic E-state index is 13.9. The summed E-state index contributed by atoms with van der Waals surface area (Å²) in [6.07, 6.45) is 1.81. The molecule has 0 aromatic heterocycles. The highest BCUT2D eigenvalue weighted by Gasteiger charge is 2.31. The molecular formula is C32H27FN2O3. The third-order valence-electron chi connectivity index (χ3n) is 6.19. The lowest BCUT2D eigenvalue weighted by Crippen LogP contribution is -2.17. The normalized spacial score (nSPS) is 14.7. The van der Waals surface area contributed by atoms with Crippen LogP contribution in [-0.4, -0.2) is 18.7 Å². The monoisotopic (exact) mass is 506 g/mol. The molecule has 0 fully saturated rings. The number of carbonyl (C=O) groups is 1. The first-order valence-corrected chi connectivity index (χ1v) is 12.4. The molecule has 38 heavy (non-hydrogen) atoms. The van der Waals surface area contributed by atoms with Gasteiger partial charge in [-0.3, -0.25) is 9.79 Å². The third kappa shape index (κ3) is 5.49. The van der Waals surface area contributed by atoms with Crippen LogP contribution in [0.1, 0.15) is 36.5 Å². The number of hydrogen-bond donors (Lipinski definition) is 1. The van der Waals surface area contributed by atoms with E-state index < -0.39 is 0 Å². The summed E-state index contributed by atoms with van der Waals surface area (Å²) < 4.78 is 26.0. The van der Waals surface area contributed by atoms with Crippen LogP contribution in [0.4, 0.5) is 15.8 Å². The van der Waals surface area contributed by atoms with E-state index in [9.17, 15) is 9.18 Å². The molecule has 1 N–H and O–H groups in total. The Morgan fingerprint density at radius 3 is 2.37 bits per heavy atom. The van der Waals surface area contributed by atoms with E-state index >= 15 is 0 Å². The van der Waals surface area contributed by atoms with Crippen LogP contribution in [0.15, 0.2) is 108 Å². The highest BCUT2D eigenvalue weighted by molar-refractivity contribution is 5.95. The lowest BCUT2D eigenvalue weighted by Gasteiger charge is -2.30. The molecule has 1 aliphatic heterocycles. The summed E-state index contributed by atoms with van der Waals surface area (Å²) in [4.78, 5) is 16.1. The van der Waals surface area contributed by atoms with Gasteiger partial charge in [0.15, 0.2) is 0 Å². The number of rotatable bonds is 7. The van der Waals surface area contributed by atoms with Crippen LogP contribution < -0.4 is 14.8 Å². The maximum absolute atomic E-state index is 13.9. The summed E-state index contributed by atoms with van der Waals surface area (Å²) in [6.45, 7) is 4.00. The van der Waals surface area contributed by atoms with E-state index in [0.717, 1.165) is 39.4 Å². The van der Waals surface area contributed by atoms with Crippen molar-refractivity contribution in [1.82, 2.24) is 0 Å². The van der Waals surface area contributed by atoms with E-state index in [-0.39, 0.29) is 17.6 Å². The standard InChI is InChI=1S/C32H27FN2O3/c1-3-37-27-18-10-23(11-19-27)32-29(20-34-25-14-16-26(17-15-25)35-21(2)36)31(22-8-12-24(33)13-9-22)28-6-4-5-7-30(28)38-32/h4-20,31H,3H2,1-2H3,(H,35,36)/t31-/m1/s1. The number of nitrogens with zero attached hydrogens (tertiary/aromatic N) is 1. The molecule has 4 aromatic rings. The van der Waals surface area contributed by atoms with Gasteiger partial charge >= 0.3 is 0 Å². The van der Waals surface area contributed by atoms with Gasteiger partial charge in [0.2, 0.25) is 5.91 Å². The summed E-state index contributed by atoms with van der Waals surface area (Å²) in [6, 6.07) is 29.5. The average molecular weight is 507 g/mol. The van der Waals surface area contributed by atoms with Crippen LogP contribution in [-0.2, 0) is 4.79 Å². The van der Waals surface area contributed by atoms with Gasteiger partial charge in [-0.25, -0.2) is 4.39 Å². The van der Waals surface area contributed by atoms with E-state index in [1.54, 1.807) is 24.3 Å². The van der Waals surface area contributed by atoms with Crippen LogP contribution in [0.25, 0.3) is 5.76 Å². The molecule has 0 unspecified atom stereocenters. The fourth-order valence-corrected chi connectivity index (χ4v) is 4.50. The lowest BCUT2D eigenvalue weighted by atomic mass is 9.81. The summed E-state index contributed by atoms with van der Waals surface area (Å²) in [7, 11) is 0. The van der Waals surface area contributed by atoms with E-state index in [0.29, 0.717) is 18.1 Å². The summed E-state index contributed by atoms with van der Waals surface area (Å²) >= 11 is 0. The average Bonchev–Trinajstić information content (AvgIpc) is 2.93. The van der Waals surface area contributed by atoms with Gasteiger partial charge in [-0.05, 0) is 79.2 Å². The van der Waals surface area contributed by atoms with Crippen LogP contribution in [0.5, 0.6) is 11.5 Å². The minimum absolute atomic E-state index is 0.133. The van der Waals surface area contributed by atoms with Gasteiger partial charge in [-0.15, -0.1) is 0 Å². The van der Waals surface area contributed by atoms with Crippen molar-refractivity contribution in [3.8, 4) is 11.5 Å². The zero-order chi connectivity index (χ0) is 26.5. The van der Waals surface area contributed by atoms with Gasteiger partial charge in [-0.1, -0.05) is 30.3 Å². The van der Waals surface area contributed by atoms with Crippen molar-refractivity contribution in [2.24, 2.45) is 4.99 Å². The Kier molecular flexibility index (Phi) is 7.31. The Morgan fingerprint density at radius 2 is 1.68 bits per heavy atom. The van der Waals surface area contributed by atoms with Crippen molar-refractivity contribution in [1.29, 1.82) is 0 Å². The molecule has 5 rings (SSSR count). The Balaban J connectivity index is 1.63. The van der Waals surface area contributed by atoms with Crippen molar-refractivity contribution in [3.63, 3.8) is 0 Å². The van der Waals surface area contributed by atoms with E-state index in [2.05, 4.69) is 5.32 Å². The van der Waals surface area contributed by atoms with Crippen LogP contribution in [0, 0.1) is 5.82 Å². The zero-order valence-electron chi connectivity index (χ0n) is 21.1. The summed E-state index contributed by atoms with van der Waals surface area (Å²) in [5, 5.41) is 2.76. The fourth-order valence-electron chi connectivity index (χ4n) is 4.50. The predicted octanol–water partition coefficient (Wildman–Crippen LogP) is 7.52. The van der Waals surface area contributed by atoms with Crippen molar-refractivity contribution in [3.05, 3.63) is 125 Å². The number of amides is 1. The largest absolute Gasteiger partial charge is 0.494 e. The Hall–Kier alpha value is -4.71. The molecule has 5 nitrogen and oxygen atoms in total. The van der Waals surface area contributed by atoms with Crippen molar-refractivity contribution >= 4 is 29.3 Å². The molecule has 0 bridgehead atoms. The first-order valence-electron chi connectivity index (χ1n) is 12.4. The molecule has 0 aliphatic carbocycles. The molecule has 0 radical (unpaired) electrons. The highest BCUT2D eigenvalue weighted by atomic mass is 19.1. The van der Waals surface area contributed by atoms with Gasteiger partial charge in [-0.2, -0.15) is 0 Å². The smallest absolute Gasteiger partial charge is 0.221 e. The molecule has 0 saturated carbocycles. The number of carbonyl (C=O) groups excluding carboxylic acids is 1. The van der Waals surface area contributed by atoms with Gasteiger partial charge in [0, 0.05) is 41.4 Å². The minimum atomic E-state index is -0.292. The predicted molar refractivity (Wildman–Crippen MR) is 149 cm³/mol. The van der Waals surface area contributed by atoms with Gasteiger partial charge in [0.1, 0.15) is 23.1 Å². The number of aliphatic imine (C=N–C) groups is 1. The molecular weight excluding hydrogens is 479 g/mol. The Labute approximate surface area is 221 Å². The topological polar surface area (TPSA) is 59.9 Å².